The molecule has 1 saturated heterocycles. The smallest absolute Gasteiger partial charge is 0.373 e. The van der Waals surface area contributed by atoms with E-state index < -0.39 is 17.5 Å². The van der Waals surface area contributed by atoms with E-state index in [0.717, 1.165) is 17.7 Å². The number of imide groups is 1. The Morgan fingerprint density at radius 3 is 2.81 bits per heavy atom. The van der Waals surface area contributed by atoms with Gasteiger partial charge in [0, 0.05) is 0 Å². The number of rotatable bonds is 4. The average Bonchev–Trinajstić information content (AvgIpc) is 3.18. The molecule has 1 aliphatic heterocycles. The summed E-state index contributed by atoms with van der Waals surface area (Å²) in [6.07, 6.45) is 1.90. The van der Waals surface area contributed by atoms with Crippen LogP contribution in [0.1, 0.15) is 36.1 Å². The van der Waals surface area contributed by atoms with E-state index in [1.54, 1.807) is 13.0 Å². The second kappa shape index (κ2) is 4.61. The molecule has 0 aromatic carbocycles. The number of nitrogens with one attached hydrogen (secondary N) is 1. The largest absolute Gasteiger partial charge is 0.463 e. The van der Waals surface area contributed by atoms with Gasteiger partial charge in [0.25, 0.3) is 5.91 Å². The molecule has 2 heterocycles. The van der Waals surface area contributed by atoms with E-state index >= 15 is 0 Å². The molecule has 7 heteroatoms. The van der Waals surface area contributed by atoms with Gasteiger partial charge in [0.05, 0.1) is 13.7 Å². The van der Waals surface area contributed by atoms with E-state index in [0.29, 0.717) is 5.76 Å². The molecule has 0 spiro atoms. The Hall–Kier alpha value is -2.31. The number of carbonyl (C=O) groups excluding carboxylic acids is 3. The molecule has 1 saturated carbocycles. The molecule has 0 radical (unpaired) electrons. The van der Waals surface area contributed by atoms with Crippen molar-refractivity contribution in [3.63, 3.8) is 0 Å². The number of urea groups is 1. The maximum absolute atomic E-state index is 12.4. The quantitative estimate of drug-likeness (QED) is 0.667. The van der Waals surface area contributed by atoms with Crippen LogP contribution in [0.2, 0.25) is 0 Å². The molecule has 1 N–H and O–H groups in total. The Morgan fingerprint density at radius 2 is 2.19 bits per heavy atom. The van der Waals surface area contributed by atoms with Crippen molar-refractivity contribution >= 4 is 17.9 Å². The molecule has 1 aromatic heterocycles. The summed E-state index contributed by atoms with van der Waals surface area (Å²) in [7, 11) is 1.25. The summed E-state index contributed by atoms with van der Waals surface area (Å²) in [4.78, 5) is 36.9. The number of furan rings is 1. The van der Waals surface area contributed by atoms with Gasteiger partial charge in [-0.05, 0) is 37.8 Å². The van der Waals surface area contributed by atoms with Crippen molar-refractivity contribution in [2.24, 2.45) is 5.92 Å². The molecule has 1 aromatic rings. The van der Waals surface area contributed by atoms with E-state index in [2.05, 4.69) is 10.1 Å². The van der Waals surface area contributed by atoms with Crippen molar-refractivity contribution in [2.45, 2.75) is 31.8 Å². The molecule has 7 nitrogen and oxygen atoms in total. The fraction of sp³-hybridized carbons (Fsp3) is 0.500. The predicted molar refractivity (Wildman–Crippen MR) is 70.3 cm³/mol. The van der Waals surface area contributed by atoms with Gasteiger partial charge in [0.1, 0.15) is 11.3 Å². The van der Waals surface area contributed by atoms with Crippen molar-refractivity contribution in [2.75, 3.05) is 7.11 Å². The van der Waals surface area contributed by atoms with Gasteiger partial charge in [0.2, 0.25) is 5.76 Å². The standard InChI is InChI=1S/C14H16N2O5/c1-14(8-3-4-8)12(18)16(13(19)15-14)7-9-5-6-10(21-9)11(17)20-2/h5-6,8H,3-4,7H2,1-2H3,(H,15,19). The van der Waals surface area contributed by atoms with Crippen LogP contribution in [-0.4, -0.2) is 35.5 Å². The summed E-state index contributed by atoms with van der Waals surface area (Å²) in [5, 5.41) is 2.76. The van der Waals surface area contributed by atoms with E-state index in [9.17, 15) is 14.4 Å². The lowest BCUT2D eigenvalue weighted by atomic mass is 9.96. The van der Waals surface area contributed by atoms with Crippen molar-refractivity contribution in [3.8, 4) is 0 Å². The van der Waals surface area contributed by atoms with Crippen molar-refractivity contribution in [1.29, 1.82) is 0 Å². The van der Waals surface area contributed by atoms with Gasteiger partial charge in [-0.1, -0.05) is 0 Å². The maximum atomic E-state index is 12.4. The van der Waals surface area contributed by atoms with E-state index in [-0.39, 0.29) is 24.1 Å². The second-order valence-corrected chi connectivity index (χ2v) is 5.56. The number of nitrogens with zero attached hydrogens (tertiary/aromatic N) is 1. The lowest BCUT2D eigenvalue weighted by Gasteiger charge is -2.20. The van der Waals surface area contributed by atoms with Crippen molar-refractivity contribution in [1.82, 2.24) is 10.2 Å². The minimum atomic E-state index is -0.811. The van der Waals surface area contributed by atoms with Crippen LogP contribution in [0.25, 0.3) is 0 Å². The topological polar surface area (TPSA) is 88.9 Å². The van der Waals surface area contributed by atoms with Gasteiger partial charge in [-0.15, -0.1) is 0 Å². The molecule has 0 bridgehead atoms. The van der Waals surface area contributed by atoms with Gasteiger partial charge >= 0.3 is 12.0 Å². The predicted octanol–water partition coefficient (Wildman–Crippen LogP) is 1.29. The first-order valence-electron chi connectivity index (χ1n) is 6.77. The molecule has 112 valence electrons. The van der Waals surface area contributed by atoms with Crippen LogP contribution in [0.5, 0.6) is 0 Å². The molecule has 2 aliphatic rings. The van der Waals surface area contributed by atoms with Gasteiger partial charge in [-0.2, -0.15) is 0 Å². The number of amides is 3. The number of carbonyl (C=O) groups is 3. The molecule has 3 rings (SSSR count). The Balaban J connectivity index is 1.75. The highest BCUT2D eigenvalue weighted by Gasteiger charge is 2.56. The highest BCUT2D eigenvalue weighted by atomic mass is 16.5. The second-order valence-electron chi connectivity index (χ2n) is 5.56. The van der Waals surface area contributed by atoms with Gasteiger partial charge in [-0.25, -0.2) is 9.59 Å². The molecule has 3 amide bonds. The van der Waals surface area contributed by atoms with Crippen LogP contribution in [0.15, 0.2) is 16.5 Å². The Kier molecular flexibility index (Phi) is 3.00. The van der Waals surface area contributed by atoms with Gasteiger partial charge < -0.3 is 14.5 Å². The molecular formula is C14H16N2O5. The third-order valence-corrected chi connectivity index (χ3v) is 4.06. The summed E-state index contributed by atoms with van der Waals surface area (Å²) in [5.74, 6) is -0.225. The summed E-state index contributed by atoms with van der Waals surface area (Å²) < 4.78 is 9.83. The van der Waals surface area contributed by atoms with E-state index in [1.165, 1.54) is 13.2 Å². The van der Waals surface area contributed by atoms with E-state index in [1.807, 2.05) is 0 Å². The fourth-order valence-corrected chi connectivity index (χ4v) is 2.63. The first-order chi connectivity index (χ1) is 9.95. The Bertz CT molecular complexity index is 619. The third kappa shape index (κ3) is 2.18. The number of methoxy groups -OCH3 is 1. The lowest BCUT2D eigenvalue weighted by Crippen LogP contribution is -2.46. The van der Waals surface area contributed by atoms with Crippen LogP contribution in [0.3, 0.4) is 0 Å². The minimum absolute atomic E-state index is 0.00394. The maximum Gasteiger partial charge on any atom is 0.373 e. The SMILES string of the molecule is COC(=O)c1ccc(CN2C(=O)NC(C)(C3CC3)C2=O)o1. The minimum Gasteiger partial charge on any atom is -0.463 e. The summed E-state index contributed by atoms with van der Waals surface area (Å²) in [6, 6.07) is 2.59. The van der Waals surface area contributed by atoms with E-state index in [4.69, 9.17) is 4.42 Å². The highest BCUT2D eigenvalue weighted by molar-refractivity contribution is 6.07. The zero-order chi connectivity index (χ0) is 15.2. The summed E-state index contributed by atoms with van der Waals surface area (Å²) in [5.41, 5.74) is -0.811. The fourth-order valence-electron chi connectivity index (χ4n) is 2.63. The van der Waals surface area contributed by atoms with Crippen molar-refractivity contribution < 1.29 is 23.5 Å². The number of hydrogen-bond acceptors (Lipinski definition) is 5. The zero-order valence-corrected chi connectivity index (χ0v) is 11.8. The zero-order valence-electron chi connectivity index (χ0n) is 11.8. The van der Waals surface area contributed by atoms with Crippen LogP contribution in [0.4, 0.5) is 4.79 Å². The average molecular weight is 292 g/mol. The third-order valence-electron chi connectivity index (χ3n) is 4.06. The monoisotopic (exact) mass is 292 g/mol. The number of ether oxygens (including phenoxy) is 1. The molecule has 2 fully saturated rings. The van der Waals surface area contributed by atoms with Gasteiger partial charge in [0.15, 0.2) is 0 Å². The number of hydrogen-bond donors (Lipinski definition) is 1. The van der Waals surface area contributed by atoms with Crippen molar-refractivity contribution in [3.05, 3.63) is 23.7 Å². The van der Waals surface area contributed by atoms with Crippen LogP contribution >= 0.6 is 0 Å². The lowest BCUT2D eigenvalue weighted by molar-refractivity contribution is -0.132. The normalized spacial score (nSPS) is 25.1. The van der Waals surface area contributed by atoms with Gasteiger partial charge in [-0.3, -0.25) is 9.69 Å². The summed E-state index contributed by atoms with van der Waals surface area (Å²) in [6.45, 7) is 1.76. The first-order valence-corrected chi connectivity index (χ1v) is 6.77. The molecule has 21 heavy (non-hydrogen) atoms. The summed E-state index contributed by atoms with van der Waals surface area (Å²) >= 11 is 0. The van der Waals surface area contributed by atoms with Crippen LogP contribution in [-0.2, 0) is 16.1 Å². The highest BCUT2D eigenvalue weighted by Crippen LogP contribution is 2.42. The van der Waals surface area contributed by atoms with Crippen LogP contribution < -0.4 is 5.32 Å². The molecule has 1 atom stereocenters. The molecular weight excluding hydrogens is 276 g/mol. The Morgan fingerprint density at radius 1 is 1.48 bits per heavy atom. The first kappa shape index (κ1) is 13.7. The molecule has 1 unspecified atom stereocenters. The number of esters is 1. The van der Waals surface area contributed by atoms with Crippen LogP contribution in [0, 0.1) is 5.92 Å². The molecule has 1 aliphatic carbocycles. The Labute approximate surface area is 121 Å².